The van der Waals surface area contributed by atoms with Crippen molar-refractivity contribution in [3.63, 3.8) is 0 Å². The minimum atomic E-state index is -0.0910. The van der Waals surface area contributed by atoms with Crippen LogP contribution in [-0.4, -0.2) is 29.0 Å². The van der Waals surface area contributed by atoms with Crippen LogP contribution in [0.4, 0.5) is 5.69 Å². The van der Waals surface area contributed by atoms with Gasteiger partial charge in [-0.1, -0.05) is 29.2 Å². The topological polar surface area (TPSA) is 64.1 Å². The third-order valence-electron chi connectivity index (χ3n) is 2.46. The quantitative estimate of drug-likeness (QED) is 0.860. The molecule has 0 aliphatic carbocycles. The van der Waals surface area contributed by atoms with Gasteiger partial charge in [-0.25, -0.2) is 0 Å². The molecule has 0 saturated heterocycles. The van der Waals surface area contributed by atoms with Gasteiger partial charge in [0.05, 0.1) is 18.6 Å². The molecule has 0 radical (unpaired) electrons. The first-order chi connectivity index (χ1) is 9.58. The molecule has 5 nitrogen and oxygen atoms in total. The predicted molar refractivity (Wildman–Crippen MR) is 81.7 cm³/mol. The maximum atomic E-state index is 11.9. The Balaban J connectivity index is 1.96. The van der Waals surface area contributed by atoms with Gasteiger partial charge in [0.2, 0.25) is 5.91 Å². The number of nitrogens with one attached hydrogen (secondary N) is 1. The number of amides is 1. The first-order valence-corrected chi connectivity index (χ1v) is 7.76. The second-order valence-corrected chi connectivity index (χ2v) is 6.53. The van der Waals surface area contributed by atoms with E-state index in [-0.39, 0.29) is 5.91 Å². The summed E-state index contributed by atoms with van der Waals surface area (Å²) >= 11 is 2.86. The predicted octanol–water partition coefficient (Wildman–Crippen LogP) is 2.89. The van der Waals surface area contributed by atoms with Gasteiger partial charge in [-0.15, -0.1) is 10.2 Å². The lowest BCUT2D eigenvalue weighted by atomic mass is 10.2. The number of rotatable bonds is 5. The average Bonchev–Trinajstić information content (AvgIpc) is 2.83. The Morgan fingerprint density at radius 1 is 1.40 bits per heavy atom. The molecule has 0 spiro atoms. The maximum Gasteiger partial charge on any atom is 0.234 e. The largest absolute Gasteiger partial charge is 0.495 e. The molecule has 20 heavy (non-hydrogen) atoms. The molecule has 2 aromatic rings. The number of methoxy groups -OCH3 is 1. The second-order valence-electron chi connectivity index (χ2n) is 4.13. The summed E-state index contributed by atoms with van der Waals surface area (Å²) in [6, 6.07) is 5.66. The van der Waals surface area contributed by atoms with Crippen LogP contribution in [0.3, 0.4) is 0 Å². The van der Waals surface area contributed by atoms with Crippen LogP contribution in [0, 0.1) is 13.8 Å². The van der Waals surface area contributed by atoms with Crippen LogP contribution in [0.25, 0.3) is 0 Å². The molecule has 106 valence electrons. The summed E-state index contributed by atoms with van der Waals surface area (Å²) in [5.74, 6) is 0.860. The molecule has 1 amide bonds. The lowest BCUT2D eigenvalue weighted by molar-refractivity contribution is -0.113. The van der Waals surface area contributed by atoms with Crippen molar-refractivity contribution >= 4 is 34.7 Å². The highest BCUT2D eigenvalue weighted by Gasteiger charge is 2.10. The van der Waals surface area contributed by atoms with Crippen molar-refractivity contribution in [1.29, 1.82) is 0 Å². The van der Waals surface area contributed by atoms with E-state index in [1.165, 1.54) is 23.1 Å². The van der Waals surface area contributed by atoms with Crippen molar-refractivity contribution < 1.29 is 9.53 Å². The molecule has 0 aliphatic heterocycles. The van der Waals surface area contributed by atoms with E-state index < -0.39 is 0 Å². The number of thioether (sulfide) groups is 1. The van der Waals surface area contributed by atoms with E-state index in [4.69, 9.17) is 4.74 Å². The van der Waals surface area contributed by atoms with Crippen LogP contribution < -0.4 is 10.1 Å². The molecule has 0 saturated carbocycles. The fourth-order valence-corrected chi connectivity index (χ4v) is 3.19. The summed E-state index contributed by atoms with van der Waals surface area (Å²) in [4.78, 5) is 11.9. The fourth-order valence-electron chi connectivity index (χ4n) is 1.57. The molecule has 1 aromatic carbocycles. The van der Waals surface area contributed by atoms with Crippen LogP contribution in [0.2, 0.25) is 0 Å². The first kappa shape index (κ1) is 14.8. The van der Waals surface area contributed by atoms with Crippen LogP contribution in [0.15, 0.2) is 22.5 Å². The third-order valence-corrected chi connectivity index (χ3v) is 4.44. The Labute approximate surface area is 125 Å². The number of hydrogen-bond donors (Lipinski definition) is 1. The Hall–Kier alpha value is -1.60. The van der Waals surface area contributed by atoms with Crippen molar-refractivity contribution in [2.24, 2.45) is 0 Å². The smallest absolute Gasteiger partial charge is 0.234 e. The Bertz CT molecular complexity index is 613. The number of carbonyl (C=O) groups is 1. The van der Waals surface area contributed by atoms with E-state index in [0.29, 0.717) is 17.2 Å². The van der Waals surface area contributed by atoms with Crippen molar-refractivity contribution in [1.82, 2.24) is 10.2 Å². The number of aryl methyl sites for hydroxylation is 2. The van der Waals surface area contributed by atoms with E-state index in [0.717, 1.165) is 14.9 Å². The molecule has 7 heteroatoms. The normalized spacial score (nSPS) is 10.3. The first-order valence-electron chi connectivity index (χ1n) is 5.96. The Kier molecular flexibility index (Phi) is 4.97. The minimum absolute atomic E-state index is 0.0910. The molecule has 2 rings (SSSR count). The van der Waals surface area contributed by atoms with Gasteiger partial charge in [0, 0.05) is 0 Å². The second kappa shape index (κ2) is 6.71. The van der Waals surface area contributed by atoms with Gasteiger partial charge in [-0.05, 0) is 31.5 Å². The zero-order valence-electron chi connectivity index (χ0n) is 11.5. The monoisotopic (exact) mass is 309 g/mol. The molecule has 1 aromatic heterocycles. The zero-order valence-corrected chi connectivity index (χ0v) is 13.1. The number of anilines is 1. The maximum absolute atomic E-state index is 11.9. The summed E-state index contributed by atoms with van der Waals surface area (Å²) in [5.41, 5.74) is 1.75. The number of hydrogen-bond acceptors (Lipinski definition) is 6. The van der Waals surface area contributed by atoms with Crippen LogP contribution in [-0.2, 0) is 4.79 Å². The Morgan fingerprint density at radius 2 is 2.20 bits per heavy atom. The summed E-state index contributed by atoms with van der Waals surface area (Å²) in [6.07, 6.45) is 0. The van der Waals surface area contributed by atoms with E-state index in [1.807, 2.05) is 32.0 Å². The van der Waals surface area contributed by atoms with Gasteiger partial charge in [0.15, 0.2) is 4.34 Å². The van der Waals surface area contributed by atoms with Crippen LogP contribution in [0.1, 0.15) is 10.6 Å². The molecule has 0 bridgehead atoms. The zero-order chi connectivity index (χ0) is 14.5. The van der Waals surface area contributed by atoms with Crippen LogP contribution in [0.5, 0.6) is 5.75 Å². The van der Waals surface area contributed by atoms with Gasteiger partial charge in [0.1, 0.15) is 10.8 Å². The lowest BCUT2D eigenvalue weighted by Gasteiger charge is -2.10. The van der Waals surface area contributed by atoms with E-state index >= 15 is 0 Å². The standard InChI is InChI=1S/C13H15N3O2S2/c1-8-4-5-11(18-3)10(6-8)14-12(17)7-19-13-16-15-9(2)20-13/h4-6H,7H2,1-3H3,(H,14,17). The van der Waals surface area contributed by atoms with Crippen molar-refractivity contribution in [3.05, 3.63) is 28.8 Å². The van der Waals surface area contributed by atoms with Crippen molar-refractivity contribution in [2.75, 3.05) is 18.2 Å². The molecule has 0 fully saturated rings. The highest BCUT2D eigenvalue weighted by Crippen LogP contribution is 2.26. The highest BCUT2D eigenvalue weighted by atomic mass is 32.2. The van der Waals surface area contributed by atoms with Gasteiger partial charge >= 0.3 is 0 Å². The minimum Gasteiger partial charge on any atom is -0.495 e. The summed E-state index contributed by atoms with van der Waals surface area (Å²) in [5, 5.41) is 11.6. The SMILES string of the molecule is COc1ccc(C)cc1NC(=O)CSc1nnc(C)s1. The van der Waals surface area contributed by atoms with Crippen molar-refractivity contribution in [2.45, 2.75) is 18.2 Å². The van der Waals surface area contributed by atoms with Gasteiger partial charge in [0.25, 0.3) is 0 Å². The van der Waals surface area contributed by atoms with E-state index in [1.54, 1.807) is 7.11 Å². The van der Waals surface area contributed by atoms with Gasteiger partial charge < -0.3 is 10.1 Å². The number of benzene rings is 1. The number of ether oxygens (including phenoxy) is 1. The fraction of sp³-hybridized carbons (Fsp3) is 0.308. The summed E-state index contributed by atoms with van der Waals surface area (Å²) < 4.78 is 6.03. The van der Waals surface area contributed by atoms with E-state index in [2.05, 4.69) is 15.5 Å². The molecular weight excluding hydrogens is 294 g/mol. The lowest BCUT2D eigenvalue weighted by Crippen LogP contribution is -2.14. The van der Waals surface area contributed by atoms with Gasteiger partial charge in [-0.2, -0.15) is 0 Å². The summed E-state index contributed by atoms with van der Waals surface area (Å²) in [6.45, 7) is 3.85. The number of carbonyl (C=O) groups excluding carboxylic acids is 1. The molecule has 0 atom stereocenters. The molecule has 0 aliphatic rings. The number of nitrogens with zero attached hydrogens (tertiary/aromatic N) is 2. The molecule has 1 heterocycles. The Morgan fingerprint density at radius 3 is 2.85 bits per heavy atom. The molecular formula is C13H15N3O2S2. The summed E-state index contributed by atoms with van der Waals surface area (Å²) in [7, 11) is 1.58. The number of aromatic nitrogens is 2. The molecule has 1 N–H and O–H groups in total. The van der Waals surface area contributed by atoms with Gasteiger partial charge in [-0.3, -0.25) is 4.79 Å². The highest BCUT2D eigenvalue weighted by molar-refractivity contribution is 8.01. The third kappa shape index (κ3) is 3.94. The van der Waals surface area contributed by atoms with Crippen molar-refractivity contribution in [3.8, 4) is 5.75 Å². The molecule has 0 unspecified atom stereocenters. The average molecular weight is 309 g/mol. The van der Waals surface area contributed by atoms with Crippen LogP contribution >= 0.6 is 23.1 Å². The van der Waals surface area contributed by atoms with E-state index in [9.17, 15) is 4.79 Å².